The Balaban J connectivity index is 0.000000404. The molecule has 2 aliphatic heterocycles. The van der Waals surface area contributed by atoms with Gasteiger partial charge in [-0.25, -0.2) is 26.4 Å². The lowest BCUT2D eigenvalue weighted by Crippen LogP contribution is -2.58. The molecule has 16 heteroatoms. The van der Waals surface area contributed by atoms with Gasteiger partial charge in [-0.3, -0.25) is 4.55 Å². The molecular weight excluding hydrogens is 627 g/mol. The molecule has 2 fully saturated rings. The van der Waals surface area contributed by atoms with E-state index in [0.29, 0.717) is 18.9 Å². The first kappa shape index (κ1) is 35.7. The number of halogens is 3. The fraction of sp³-hybridized carbons (Fsp3) is 0.536. The molecule has 4 rings (SSSR count). The number of sulfone groups is 1. The molecule has 2 heterocycles. The molecule has 4 unspecified atom stereocenters. The van der Waals surface area contributed by atoms with E-state index in [4.69, 9.17) is 19.8 Å². The van der Waals surface area contributed by atoms with Gasteiger partial charge >= 0.3 is 6.09 Å². The number of nitrogens with two attached hydrogens (primary N) is 1. The molecule has 2 saturated heterocycles. The Morgan fingerprint density at radius 3 is 2.36 bits per heavy atom. The van der Waals surface area contributed by atoms with Crippen LogP contribution in [0, 0.1) is 30.3 Å². The minimum atomic E-state index is -4.02. The van der Waals surface area contributed by atoms with Crippen molar-refractivity contribution in [1.82, 2.24) is 10.6 Å². The Kier molecular flexibility index (Phi) is 12.6. The van der Waals surface area contributed by atoms with Gasteiger partial charge in [-0.1, -0.05) is 17.7 Å². The van der Waals surface area contributed by atoms with Gasteiger partial charge in [-0.15, -0.1) is 0 Å². The lowest BCUT2D eigenvalue weighted by Gasteiger charge is -2.40. The first-order chi connectivity index (χ1) is 20.6. The number of aryl methyl sites for hydroxylation is 1. The summed E-state index contributed by atoms with van der Waals surface area (Å²) in [5.74, 6) is -4.22. The van der Waals surface area contributed by atoms with Crippen LogP contribution in [0.1, 0.15) is 30.4 Å². The van der Waals surface area contributed by atoms with Crippen molar-refractivity contribution in [1.29, 1.82) is 0 Å². The van der Waals surface area contributed by atoms with E-state index >= 15 is 0 Å². The molecule has 2 bridgehead atoms. The maximum absolute atomic E-state index is 14.2. The summed E-state index contributed by atoms with van der Waals surface area (Å²) < 4.78 is 107. The van der Waals surface area contributed by atoms with Crippen molar-refractivity contribution in [2.75, 3.05) is 32.6 Å². The Bertz CT molecular complexity index is 1490. The third kappa shape index (κ3) is 9.87. The normalized spacial score (nSPS) is 22.1. The number of carbonyl (C=O) groups is 1. The van der Waals surface area contributed by atoms with Crippen LogP contribution in [0.25, 0.3) is 0 Å². The molecule has 5 N–H and O–H groups in total. The second-order valence-corrected chi connectivity index (χ2v) is 14.5. The highest BCUT2D eigenvalue weighted by atomic mass is 32.2. The number of amides is 1. The third-order valence-electron chi connectivity index (χ3n) is 7.66. The fourth-order valence-corrected chi connectivity index (χ4v) is 8.23. The predicted octanol–water partition coefficient (Wildman–Crippen LogP) is 2.51. The average Bonchev–Trinajstić information content (AvgIpc) is 3.31. The van der Waals surface area contributed by atoms with Crippen molar-refractivity contribution in [3.63, 3.8) is 0 Å². The van der Waals surface area contributed by atoms with Gasteiger partial charge in [-0.05, 0) is 62.3 Å². The van der Waals surface area contributed by atoms with E-state index in [1.54, 1.807) is 12.1 Å². The molecule has 0 aliphatic carbocycles. The van der Waals surface area contributed by atoms with Crippen LogP contribution in [-0.2, 0) is 35.8 Å². The highest BCUT2D eigenvalue weighted by molar-refractivity contribution is 7.92. The van der Waals surface area contributed by atoms with Crippen LogP contribution in [0.15, 0.2) is 41.3 Å². The number of hydrogen-bond acceptors (Lipinski definition) is 9. The van der Waals surface area contributed by atoms with E-state index in [2.05, 4.69) is 10.6 Å². The topological polar surface area (TPSA) is 174 Å². The maximum Gasteiger partial charge on any atom is 0.407 e. The summed E-state index contributed by atoms with van der Waals surface area (Å²) in [5.41, 5.74) is 7.21. The molecule has 0 spiro atoms. The number of ether oxygens (including phenoxy) is 2. The minimum Gasteiger partial charge on any atom is -0.447 e. The molecule has 44 heavy (non-hydrogen) atoms. The summed E-state index contributed by atoms with van der Waals surface area (Å²) in [5, 5.41) is 4.88. The minimum absolute atomic E-state index is 0.0442. The van der Waals surface area contributed by atoms with Crippen LogP contribution in [0.2, 0.25) is 0 Å². The molecule has 0 aromatic heterocycles. The number of rotatable bonds is 11. The summed E-state index contributed by atoms with van der Waals surface area (Å²) in [6.07, 6.45) is 1.06. The lowest BCUT2D eigenvalue weighted by molar-refractivity contribution is 0.0989. The van der Waals surface area contributed by atoms with E-state index in [9.17, 15) is 34.8 Å². The SMILES string of the molecule is COCCOC(=O)NCCS(=O)(=O)C1C2CCC(CC1[C@H](N)Cc1cc(F)c(F)cc1F)N2.Cc1ccc(S(=O)(=O)O)cc1. The first-order valence-corrected chi connectivity index (χ1v) is 17.1. The summed E-state index contributed by atoms with van der Waals surface area (Å²) in [4.78, 5) is 11.6. The van der Waals surface area contributed by atoms with Crippen molar-refractivity contribution in [3.8, 4) is 0 Å². The monoisotopic (exact) mass is 665 g/mol. The molecule has 0 saturated carbocycles. The zero-order valence-electron chi connectivity index (χ0n) is 24.3. The van der Waals surface area contributed by atoms with Gasteiger partial charge in [0.05, 0.1) is 22.5 Å². The second kappa shape index (κ2) is 15.5. The largest absolute Gasteiger partial charge is 0.447 e. The van der Waals surface area contributed by atoms with Gasteiger partial charge < -0.3 is 25.8 Å². The molecule has 0 radical (unpaired) electrons. The molecule has 1 amide bonds. The standard InChI is InChI=1S/C21H30F3N3O5S.C7H8O3S/c1-31-5-6-32-21(28)26-4-7-33(29,30)20-14(10-13-2-3-19(20)27-13)18(25)9-12-8-16(23)17(24)11-15(12)22;1-6-2-4-7(5-3-6)11(8,9)10/h8,11,13-14,18-20,27H,2-7,9-10,25H2,1H3,(H,26,28);2-5H,1H3,(H,8,9,10)/t13?,14?,18-,19?,20?;/m1./s1. The van der Waals surface area contributed by atoms with Gasteiger partial charge in [0.25, 0.3) is 10.1 Å². The van der Waals surface area contributed by atoms with Gasteiger partial charge in [0.2, 0.25) is 0 Å². The number of piperidine rings is 1. The Labute approximate surface area is 255 Å². The van der Waals surface area contributed by atoms with Gasteiger partial charge in [-0.2, -0.15) is 8.42 Å². The number of carbonyl (C=O) groups excluding carboxylic acids is 1. The quantitative estimate of drug-likeness (QED) is 0.159. The molecule has 2 aromatic rings. The summed E-state index contributed by atoms with van der Waals surface area (Å²) in [6.45, 7) is 1.97. The number of fused-ring (bicyclic) bond motifs is 2. The maximum atomic E-state index is 14.2. The number of methoxy groups -OCH3 is 1. The second-order valence-electron chi connectivity index (χ2n) is 10.8. The molecule has 246 valence electrons. The molecule has 2 aromatic carbocycles. The summed E-state index contributed by atoms with van der Waals surface area (Å²) >= 11 is 0. The van der Waals surface area contributed by atoms with Crippen molar-refractivity contribution >= 4 is 26.0 Å². The Morgan fingerprint density at radius 2 is 1.73 bits per heavy atom. The van der Waals surface area contributed by atoms with E-state index in [1.807, 2.05) is 6.92 Å². The number of nitrogens with one attached hydrogen (secondary N) is 2. The van der Waals surface area contributed by atoms with E-state index in [0.717, 1.165) is 18.1 Å². The molecular formula is C28H38F3N3O8S2. The Morgan fingerprint density at radius 1 is 1.07 bits per heavy atom. The van der Waals surface area contributed by atoms with Crippen molar-refractivity contribution < 1.29 is 48.8 Å². The van der Waals surface area contributed by atoms with Crippen LogP contribution in [0.3, 0.4) is 0 Å². The smallest absolute Gasteiger partial charge is 0.407 e. The third-order valence-corrected chi connectivity index (χ3v) is 10.8. The first-order valence-electron chi connectivity index (χ1n) is 13.9. The van der Waals surface area contributed by atoms with Crippen LogP contribution in [-0.4, -0.2) is 83.5 Å². The zero-order valence-corrected chi connectivity index (χ0v) is 26.0. The number of alkyl carbamates (subject to hydrolysis) is 1. The van der Waals surface area contributed by atoms with Crippen molar-refractivity contribution in [2.45, 2.75) is 60.9 Å². The fourth-order valence-electron chi connectivity index (χ4n) is 5.53. The lowest BCUT2D eigenvalue weighted by atomic mass is 9.83. The van der Waals surface area contributed by atoms with Crippen LogP contribution in [0.4, 0.5) is 18.0 Å². The van der Waals surface area contributed by atoms with Gasteiger partial charge in [0, 0.05) is 37.8 Å². The van der Waals surface area contributed by atoms with E-state index in [-0.39, 0.29) is 54.5 Å². The highest BCUT2D eigenvalue weighted by Gasteiger charge is 2.49. The Hall–Kier alpha value is -2.76. The highest BCUT2D eigenvalue weighted by Crippen LogP contribution is 2.38. The molecule has 11 nitrogen and oxygen atoms in total. The van der Waals surface area contributed by atoms with Crippen molar-refractivity contribution in [2.24, 2.45) is 11.7 Å². The van der Waals surface area contributed by atoms with Gasteiger partial charge in [0.1, 0.15) is 12.4 Å². The molecule has 5 atom stereocenters. The van der Waals surface area contributed by atoms with Crippen molar-refractivity contribution in [3.05, 3.63) is 65.0 Å². The summed E-state index contributed by atoms with van der Waals surface area (Å²) in [7, 11) is -6.28. The van der Waals surface area contributed by atoms with E-state index in [1.165, 1.54) is 19.2 Å². The van der Waals surface area contributed by atoms with Crippen LogP contribution < -0.4 is 16.4 Å². The zero-order chi connectivity index (χ0) is 32.7. The molecule has 2 aliphatic rings. The summed E-state index contributed by atoms with van der Waals surface area (Å²) in [6, 6.07) is 6.23. The average molecular weight is 666 g/mol. The van der Waals surface area contributed by atoms with E-state index < -0.39 is 60.7 Å². The van der Waals surface area contributed by atoms with Crippen LogP contribution in [0.5, 0.6) is 0 Å². The van der Waals surface area contributed by atoms with Crippen LogP contribution >= 0.6 is 0 Å². The number of hydrogen-bond donors (Lipinski definition) is 4. The van der Waals surface area contributed by atoms with Gasteiger partial charge in [0.15, 0.2) is 21.5 Å². The predicted molar refractivity (Wildman–Crippen MR) is 156 cm³/mol. The number of benzene rings is 2.